The number of anilines is 1. The molecule has 0 bridgehead atoms. The summed E-state index contributed by atoms with van der Waals surface area (Å²) in [7, 11) is 1.66. The Balaban J connectivity index is 1.48. The molecule has 0 unspecified atom stereocenters. The summed E-state index contributed by atoms with van der Waals surface area (Å²) < 4.78 is 14.6. The van der Waals surface area contributed by atoms with Crippen molar-refractivity contribution in [2.75, 3.05) is 12.4 Å². The summed E-state index contributed by atoms with van der Waals surface area (Å²) in [6.07, 6.45) is 5.82. The summed E-state index contributed by atoms with van der Waals surface area (Å²) in [5, 5.41) is 14.8. The molecular formula is C25H22BrFN6O. The van der Waals surface area contributed by atoms with E-state index in [1.165, 1.54) is 24.4 Å². The maximum Gasteiger partial charge on any atom is 0.255 e. The molecule has 4 aromatic rings. The number of H-pyrrole nitrogens is 1. The predicted octanol–water partition coefficient (Wildman–Crippen LogP) is 5.13. The molecule has 1 amide bonds. The average molecular weight is 521 g/mol. The Hall–Kier alpha value is -3.59. The summed E-state index contributed by atoms with van der Waals surface area (Å²) in [5.41, 5.74) is 3.18. The van der Waals surface area contributed by atoms with Crippen molar-refractivity contribution in [1.82, 2.24) is 20.3 Å². The van der Waals surface area contributed by atoms with Gasteiger partial charge in [0.15, 0.2) is 5.65 Å². The summed E-state index contributed by atoms with van der Waals surface area (Å²) in [4.78, 5) is 25.3. The first-order valence-corrected chi connectivity index (χ1v) is 11.7. The SMILES string of the molecule is CNc1cc(F)ccc1C(=N)c1cnc2[nH]cc(C(=O)NC3(c4cccc(Br)c4)CCC3)c2n1. The summed E-state index contributed by atoms with van der Waals surface area (Å²) in [5.74, 6) is -0.649. The Labute approximate surface area is 203 Å². The molecule has 0 saturated heterocycles. The van der Waals surface area contributed by atoms with Crippen LogP contribution in [0.3, 0.4) is 0 Å². The Bertz CT molecular complexity index is 1430. The lowest BCUT2D eigenvalue weighted by molar-refractivity contribution is 0.0825. The van der Waals surface area contributed by atoms with Crippen LogP contribution >= 0.6 is 15.9 Å². The zero-order valence-electron chi connectivity index (χ0n) is 18.4. The molecular weight excluding hydrogens is 499 g/mol. The standard InChI is InChI=1S/C25H22BrFN6O/c1-29-19-11-16(27)6-7-17(19)21(28)20-13-31-23-22(32-20)18(12-30-23)24(34)33-25(8-3-9-25)14-4-2-5-15(26)10-14/h2,4-7,10-13,28-29H,3,8-9H2,1H3,(H,30,31)(H,33,34). The number of nitrogens with one attached hydrogen (secondary N) is 4. The van der Waals surface area contributed by atoms with Crippen LogP contribution in [0, 0.1) is 11.2 Å². The highest BCUT2D eigenvalue weighted by molar-refractivity contribution is 9.10. The monoisotopic (exact) mass is 520 g/mol. The van der Waals surface area contributed by atoms with Gasteiger partial charge in [0.05, 0.1) is 23.0 Å². The van der Waals surface area contributed by atoms with E-state index in [2.05, 4.69) is 41.5 Å². The second-order valence-corrected chi connectivity index (χ2v) is 9.29. The fraction of sp³-hybridized carbons (Fsp3) is 0.200. The van der Waals surface area contributed by atoms with Crippen molar-refractivity contribution >= 4 is 44.4 Å². The molecule has 7 nitrogen and oxygen atoms in total. The first-order chi connectivity index (χ1) is 16.4. The molecule has 2 heterocycles. The number of halogens is 2. The zero-order valence-corrected chi connectivity index (χ0v) is 20.0. The molecule has 2 aromatic heterocycles. The third kappa shape index (κ3) is 3.86. The number of amides is 1. The Morgan fingerprint density at radius 2 is 2.03 bits per heavy atom. The van der Waals surface area contributed by atoms with Crippen LogP contribution in [0.1, 0.15) is 46.4 Å². The largest absolute Gasteiger partial charge is 0.387 e. The second kappa shape index (κ2) is 8.64. The van der Waals surface area contributed by atoms with E-state index in [0.29, 0.717) is 28.0 Å². The van der Waals surface area contributed by atoms with Crippen molar-refractivity contribution in [3.8, 4) is 0 Å². The van der Waals surface area contributed by atoms with Gasteiger partial charge in [-0.05, 0) is 55.2 Å². The lowest BCUT2D eigenvalue weighted by Crippen LogP contribution is -2.50. The van der Waals surface area contributed by atoms with Crippen molar-refractivity contribution < 1.29 is 9.18 Å². The second-order valence-electron chi connectivity index (χ2n) is 8.37. The number of rotatable bonds is 6. The minimum absolute atomic E-state index is 0.0795. The van der Waals surface area contributed by atoms with Crippen LogP contribution < -0.4 is 10.6 Å². The molecule has 5 rings (SSSR count). The molecule has 34 heavy (non-hydrogen) atoms. The Morgan fingerprint density at radius 3 is 2.74 bits per heavy atom. The maximum absolute atomic E-state index is 13.6. The summed E-state index contributed by atoms with van der Waals surface area (Å²) in [6, 6.07) is 12.1. The van der Waals surface area contributed by atoms with Crippen molar-refractivity contribution in [3.05, 3.63) is 87.5 Å². The number of fused-ring (bicyclic) bond motifs is 1. The van der Waals surface area contributed by atoms with Gasteiger partial charge in [-0.3, -0.25) is 10.2 Å². The quantitative estimate of drug-likeness (QED) is 0.264. The van der Waals surface area contributed by atoms with Crippen molar-refractivity contribution in [1.29, 1.82) is 5.41 Å². The van der Waals surface area contributed by atoms with E-state index >= 15 is 0 Å². The maximum atomic E-state index is 13.6. The number of aromatic amines is 1. The number of nitrogens with zero attached hydrogens (tertiary/aromatic N) is 2. The topological polar surface area (TPSA) is 107 Å². The van der Waals surface area contributed by atoms with Gasteiger partial charge in [-0.2, -0.15) is 0 Å². The molecule has 0 atom stereocenters. The van der Waals surface area contributed by atoms with Crippen LogP contribution in [0.15, 0.2) is 59.3 Å². The molecule has 172 valence electrons. The van der Waals surface area contributed by atoms with Gasteiger partial charge in [0.1, 0.15) is 17.0 Å². The van der Waals surface area contributed by atoms with Gasteiger partial charge in [0, 0.05) is 29.0 Å². The first kappa shape index (κ1) is 22.2. The molecule has 2 aromatic carbocycles. The van der Waals surface area contributed by atoms with Gasteiger partial charge < -0.3 is 15.6 Å². The van der Waals surface area contributed by atoms with E-state index in [-0.39, 0.29) is 17.3 Å². The molecule has 1 aliphatic carbocycles. The Morgan fingerprint density at radius 1 is 1.21 bits per heavy atom. The fourth-order valence-corrected chi connectivity index (χ4v) is 4.75. The number of carbonyl (C=O) groups excluding carboxylic acids is 1. The Kier molecular flexibility index (Phi) is 5.65. The smallest absolute Gasteiger partial charge is 0.255 e. The van der Waals surface area contributed by atoms with Gasteiger partial charge >= 0.3 is 0 Å². The van der Waals surface area contributed by atoms with Gasteiger partial charge in [-0.15, -0.1) is 0 Å². The van der Waals surface area contributed by atoms with Gasteiger partial charge in [-0.1, -0.05) is 28.1 Å². The van der Waals surface area contributed by atoms with Crippen LogP contribution in [0.2, 0.25) is 0 Å². The van der Waals surface area contributed by atoms with Crippen LogP contribution in [0.5, 0.6) is 0 Å². The third-order valence-corrected chi connectivity index (χ3v) is 6.83. The molecule has 1 saturated carbocycles. The third-order valence-electron chi connectivity index (χ3n) is 6.34. The van der Waals surface area contributed by atoms with Crippen LogP contribution in [0.4, 0.5) is 10.1 Å². The van der Waals surface area contributed by atoms with E-state index in [4.69, 9.17) is 5.41 Å². The minimum Gasteiger partial charge on any atom is -0.387 e. The van der Waals surface area contributed by atoms with E-state index in [1.54, 1.807) is 13.2 Å². The lowest BCUT2D eigenvalue weighted by atomic mass is 9.71. The van der Waals surface area contributed by atoms with E-state index < -0.39 is 11.4 Å². The molecule has 1 aliphatic rings. The van der Waals surface area contributed by atoms with Crippen molar-refractivity contribution in [2.45, 2.75) is 24.8 Å². The number of hydrogen-bond acceptors (Lipinski definition) is 5. The number of carbonyl (C=O) groups is 1. The summed E-state index contributed by atoms with van der Waals surface area (Å²) >= 11 is 3.52. The highest BCUT2D eigenvalue weighted by Crippen LogP contribution is 2.42. The van der Waals surface area contributed by atoms with E-state index in [1.807, 2.05) is 24.3 Å². The van der Waals surface area contributed by atoms with Crippen molar-refractivity contribution in [3.63, 3.8) is 0 Å². The zero-order chi connectivity index (χ0) is 23.9. The average Bonchev–Trinajstić information content (AvgIpc) is 3.24. The minimum atomic E-state index is -0.419. The highest BCUT2D eigenvalue weighted by atomic mass is 79.9. The molecule has 1 fully saturated rings. The fourth-order valence-electron chi connectivity index (χ4n) is 4.35. The lowest BCUT2D eigenvalue weighted by Gasteiger charge is -2.43. The van der Waals surface area contributed by atoms with Crippen LogP contribution in [-0.2, 0) is 5.54 Å². The molecule has 4 N–H and O–H groups in total. The van der Waals surface area contributed by atoms with Gasteiger partial charge in [-0.25, -0.2) is 14.4 Å². The van der Waals surface area contributed by atoms with E-state index in [0.717, 1.165) is 29.3 Å². The number of hydrogen-bond donors (Lipinski definition) is 4. The highest BCUT2D eigenvalue weighted by Gasteiger charge is 2.40. The molecule has 0 aliphatic heterocycles. The van der Waals surface area contributed by atoms with Crippen molar-refractivity contribution in [2.24, 2.45) is 0 Å². The van der Waals surface area contributed by atoms with Gasteiger partial charge in [0.25, 0.3) is 5.91 Å². The number of aromatic nitrogens is 3. The molecule has 0 spiro atoms. The molecule has 0 radical (unpaired) electrons. The summed E-state index contributed by atoms with van der Waals surface area (Å²) in [6.45, 7) is 0. The van der Waals surface area contributed by atoms with Crippen LogP contribution in [-0.4, -0.2) is 33.6 Å². The van der Waals surface area contributed by atoms with Crippen LogP contribution in [0.25, 0.3) is 11.2 Å². The van der Waals surface area contributed by atoms with Gasteiger partial charge in [0.2, 0.25) is 0 Å². The van der Waals surface area contributed by atoms with E-state index in [9.17, 15) is 9.18 Å². The predicted molar refractivity (Wildman–Crippen MR) is 133 cm³/mol. The molecule has 9 heteroatoms. The normalized spacial score (nSPS) is 14.4. The number of benzene rings is 2. The first-order valence-electron chi connectivity index (χ1n) is 10.9.